The number of hydrogen-bond donors (Lipinski definition) is 3. The monoisotopic (exact) mass is 357 g/mol. The molecule has 3 aliphatic rings. The molecule has 2 heterocycles. The maximum absolute atomic E-state index is 12.3. The van der Waals surface area contributed by atoms with Gasteiger partial charge in [-0.25, -0.2) is 0 Å². The smallest absolute Gasteiger partial charge is 0.242 e. The molecule has 0 radical (unpaired) electrons. The number of carbonyl (C=O) groups excluding carboxylic acids is 2. The maximum Gasteiger partial charge on any atom is 0.242 e. The van der Waals surface area contributed by atoms with Crippen molar-refractivity contribution in [2.24, 2.45) is 5.92 Å². The average molecular weight is 358 g/mol. The fourth-order valence-electron chi connectivity index (χ4n) is 4.52. The number of rotatable bonds is 5. The van der Waals surface area contributed by atoms with E-state index in [0.717, 1.165) is 25.7 Å². The van der Waals surface area contributed by atoms with Gasteiger partial charge in [-0.3, -0.25) is 9.59 Å². The van der Waals surface area contributed by atoms with Crippen LogP contribution >= 0.6 is 12.4 Å². The Labute approximate surface area is 151 Å². The van der Waals surface area contributed by atoms with Crippen LogP contribution in [0.25, 0.3) is 0 Å². The first-order chi connectivity index (χ1) is 11.1. The van der Waals surface area contributed by atoms with Crippen LogP contribution in [0.2, 0.25) is 0 Å². The molecule has 0 aromatic rings. The summed E-state index contributed by atoms with van der Waals surface area (Å²) in [7, 11) is 0. The molecule has 3 unspecified atom stereocenters. The second-order valence-electron chi connectivity index (χ2n) is 7.81. The zero-order valence-electron chi connectivity index (χ0n) is 14.7. The maximum atomic E-state index is 12.3. The highest BCUT2D eigenvalue weighted by Gasteiger charge is 2.34. The molecule has 0 aromatic carbocycles. The molecular formula is C18H32ClN3O2. The molecule has 3 fully saturated rings. The Morgan fingerprint density at radius 2 is 1.67 bits per heavy atom. The Balaban J connectivity index is 0.00000208. The van der Waals surface area contributed by atoms with E-state index in [0.29, 0.717) is 24.4 Å². The van der Waals surface area contributed by atoms with Gasteiger partial charge in [0.05, 0.1) is 0 Å². The first-order valence-corrected chi connectivity index (χ1v) is 9.46. The van der Waals surface area contributed by atoms with Crippen LogP contribution in [-0.2, 0) is 9.59 Å². The van der Waals surface area contributed by atoms with E-state index < -0.39 is 6.04 Å². The van der Waals surface area contributed by atoms with Crippen molar-refractivity contribution >= 4 is 24.2 Å². The summed E-state index contributed by atoms with van der Waals surface area (Å²) < 4.78 is 0. The fraction of sp³-hybridized carbons (Fsp3) is 0.889. The van der Waals surface area contributed by atoms with Crippen LogP contribution in [0.1, 0.15) is 71.1 Å². The number of halogens is 1. The number of nitrogens with one attached hydrogen (secondary N) is 3. The Hall–Kier alpha value is -0.810. The van der Waals surface area contributed by atoms with Crippen molar-refractivity contribution in [2.45, 2.75) is 95.3 Å². The summed E-state index contributed by atoms with van der Waals surface area (Å²) in [5.41, 5.74) is 0. The standard InChI is InChI=1S/C18H31N3O2.ClH/c1-12(19-17(22)9-13-5-3-2-4-6-13)18(23)21-16-10-14-7-8-15(11-16)20-14;/h12-16,20H,2-11H2,1H3,(H,19,22)(H,21,23);1H. The van der Waals surface area contributed by atoms with Crippen LogP contribution in [0, 0.1) is 5.92 Å². The van der Waals surface area contributed by atoms with Gasteiger partial charge < -0.3 is 16.0 Å². The highest BCUT2D eigenvalue weighted by Crippen LogP contribution is 2.27. The Bertz CT molecular complexity index is 428. The Kier molecular flexibility index (Phi) is 7.35. The van der Waals surface area contributed by atoms with Gasteiger partial charge in [-0.2, -0.15) is 0 Å². The molecule has 6 heteroatoms. The lowest BCUT2D eigenvalue weighted by Gasteiger charge is -2.30. The van der Waals surface area contributed by atoms with Gasteiger partial charge in [0.15, 0.2) is 0 Å². The van der Waals surface area contributed by atoms with E-state index in [1.54, 1.807) is 6.92 Å². The normalized spacial score (nSPS) is 31.0. The van der Waals surface area contributed by atoms with E-state index in [9.17, 15) is 9.59 Å². The van der Waals surface area contributed by atoms with Crippen molar-refractivity contribution in [3.05, 3.63) is 0 Å². The molecule has 1 aliphatic carbocycles. The SMILES string of the molecule is CC(NC(=O)CC1CCCCC1)C(=O)NC1CC2CCC(C1)N2.Cl. The van der Waals surface area contributed by atoms with Crippen molar-refractivity contribution < 1.29 is 9.59 Å². The zero-order valence-corrected chi connectivity index (χ0v) is 15.5. The van der Waals surface area contributed by atoms with Gasteiger partial charge in [0, 0.05) is 24.5 Å². The highest BCUT2D eigenvalue weighted by molar-refractivity contribution is 5.87. The number of hydrogen-bond acceptors (Lipinski definition) is 3. The number of amides is 2. The molecule has 2 saturated heterocycles. The van der Waals surface area contributed by atoms with E-state index in [1.807, 2.05) is 0 Å². The van der Waals surface area contributed by atoms with E-state index in [1.165, 1.54) is 32.1 Å². The van der Waals surface area contributed by atoms with Gasteiger partial charge in [0.1, 0.15) is 6.04 Å². The molecule has 2 aliphatic heterocycles. The van der Waals surface area contributed by atoms with Gasteiger partial charge in [0.2, 0.25) is 11.8 Å². The molecule has 3 rings (SSSR count). The van der Waals surface area contributed by atoms with Crippen LogP contribution in [0.5, 0.6) is 0 Å². The molecule has 24 heavy (non-hydrogen) atoms. The van der Waals surface area contributed by atoms with E-state index in [-0.39, 0.29) is 30.3 Å². The second-order valence-corrected chi connectivity index (χ2v) is 7.81. The molecule has 0 spiro atoms. The van der Waals surface area contributed by atoms with Gasteiger partial charge in [-0.05, 0) is 51.4 Å². The first kappa shape index (κ1) is 19.5. The quantitative estimate of drug-likeness (QED) is 0.707. The molecule has 1 saturated carbocycles. The van der Waals surface area contributed by atoms with Crippen LogP contribution in [0.15, 0.2) is 0 Å². The predicted octanol–water partition coefficient (Wildman–Crippen LogP) is 2.28. The Morgan fingerprint density at radius 1 is 1.04 bits per heavy atom. The highest BCUT2D eigenvalue weighted by atomic mass is 35.5. The predicted molar refractivity (Wildman–Crippen MR) is 97.2 cm³/mol. The molecule has 2 amide bonds. The van der Waals surface area contributed by atoms with Gasteiger partial charge in [-0.15, -0.1) is 12.4 Å². The number of carbonyl (C=O) groups is 2. The van der Waals surface area contributed by atoms with Crippen molar-refractivity contribution in [1.29, 1.82) is 0 Å². The minimum atomic E-state index is -0.432. The van der Waals surface area contributed by atoms with Crippen LogP contribution in [-0.4, -0.2) is 36.0 Å². The van der Waals surface area contributed by atoms with Gasteiger partial charge in [-0.1, -0.05) is 19.3 Å². The van der Waals surface area contributed by atoms with Crippen molar-refractivity contribution in [2.75, 3.05) is 0 Å². The molecule has 0 aromatic heterocycles. The topological polar surface area (TPSA) is 70.2 Å². The fourth-order valence-corrected chi connectivity index (χ4v) is 4.52. The lowest BCUT2D eigenvalue weighted by Crippen LogP contribution is -2.52. The summed E-state index contributed by atoms with van der Waals surface area (Å²) in [6.45, 7) is 1.80. The molecule has 3 N–H and O–H groups in total. The van der Waals surface area contributed by atoms with Crippen LogP contribution in [0.3, 0.4) is 0 Å². The lowest BCUT2D eigenvalue weighted by atomic mass is 9.87. The van der Waals surface area contributed by atoms with Crippen LogP contribution in [0.4, 0.5) is 0 Å². The summed E-state index contributed by atoms with van der Waals surface area (Å²) in [4.78, 5) is 24.5. The van der Waals surface area contributed by atoms with E-state index in [4.69, 9.17) is 0 Å². The molecule has 3 atom stereocenters. The zero-order chi connectivity index (χ0) is 16.2. The number of piperidine rings is 1. The molecular weight excluding hydrogens is 326 g/mol. The summed E-state index contributed by atoms with van der Waals surface area (Å²) in [5.74, 6) is 0.511. The minimum Gasteiger partial charge on any atom is -0.351 e. The lowest BCUT2D eigenvalue weighted by molar-refractivity contribution is -0.129. The summed E-state index contributed by atoms with van der Waals surface area (Å²) in [6.07, 6.45) is 11.2. The summed E-state index contributed by atoms with van der Waals surface area (Å²) in [6, 6.07) is 0.961. The molecule has 5 nitrogen and oxygen atoms in total. The second kappa shape index (κ2) is 9.04. The van der Waals surface area contributed by atoms with Crippen LogP contribution < -0.4 is 16.0 Å². The van der Waals surface area contributed by atoms with E-state index >= 15 is 0 Å². The van der Waals surface area contributed by atoms with Crippen molar-refractivity contribution in [1.82, 2.24) is 16.0 Å². The van der Waals surface area contributed by atoms with Crippen molar-refractivity contribution in [3.63, 3.8) is 0 Å². The summed E-state index contributed by atoms with van der Waals surface area (Å²) >= 11 is 0. The average Bonchev–Trinajstić information content (AvgIpc) is 2.86. The van der Waals surface area contributed by atoms with Gasteiger partial charge >= 0.3 is 0 Å². The third-order valence-electron chi connectivity index (χ3n) is 5.79. The third-order valence-corrected chi connectivity index (χ3v) is 5.79. The summed E-state index contributed by atoms with van der Waals surface area (Å²) in [5, 5.41) is 9.60. The molecule has 138 valence electrons. The Morgan fingerprint density at radius 3 is 2.29 bits per heavy atom. The number of fused-ring (bicyclic) bond motifs is 2. The first-order valence-electron chi connectivity index (χ1n) is 9.46. The van der Waals surface area contributed by atoms with Crippen molar-refractivity contribution in [3.8, 4) is 0 Å². The molecule has 2 bridgehead atoms. The minimum absolute atomic E-state index is 0. The largest absolute Gasteiger partial charge is 0.351 e. The third kappa shape index (κ3) is 5.35. The van der Waals surface area contributed by atoms with Gasteiger partial charge in [0.25, 0.3) is 0 Å². The van der Waals surface area contributed by atoms with E-state index in [2.05, 4.69) is 16.0 Å².